The second-order valence-corrected chi connectivity index (χ2v) is 8.58. The van der Waals surface area contributed by atoms with Gasteiger partial charge in [0.1, 0.15) is 5.82 Å². The number of aryl methyl sites for hydroxylation is 1. The van der Waals surface area contributed by atoms with Gasteiger partial charge >= 0.3 is 0 Å². The first kappa shape index (κ1) is 20.2. The molecular weight excluding hydrogens is 405 g/mol. The summed E-state index contributed by atoms with van der Waals surface area (Å²) in [7, 11) is 0. The molecule has 3 aromatic rings. The fraction of sp³-hybridized carbons (Fsp3) is 0.391. The highest BCUT2D eigenvalue weighted by atomic mass is 35.5. The minimum absolute atomic E-state index is 0.145. The zero-order valence-corrected chi connectivity index (χ0v) is 18.3. The molecule has 1 aromatic heterocycles. The second kappa shape index (κ2) is 8.37. The number of rotatable bonds is 4. The average Bonchev–Trinajstić information content (AvgIpc) is 3.06. The van der Waals surface area contributed by atoms with E-state index >= 15 is 0 Å². The minimum Gasteiger partial charge on any atom is -0.343 e. The van der Waals surface area contributed by atoms with Crippen molar-refractivity contribution in [2.45, 2.75) is 45.6 Å². The van der Waals surface area contributed by atoms with Gasteiger partial charge in [0.2, 0.25) is 5.91 Å². The van der Waals surface area contributed by atoms with Crippen molar-refractivity contribution in [3.63, 3.8) is 0 Å². The van der Waals surface area contributed by atoms with Crippen LogP contribution in [0.3, 0.4) is 0 Å². The third kappa shape index (κ3) is 4.15. The van der Waals surface area contributed by atoms with E-state index in [-0.39, 0.29) is 5.91 Å². The molecule has 0 atom stereocenters. The Morgan fingerprint density at radius 3 is 2.31 bits per heavy atom. The SMILES string of the molecule is CCc1ccc(Cn2c(C3CCN(C(C)=O)CC3)nc3cc(Cl)c(Cl)cc32)cc1. The van der Waals surface area contributed by atoms with Gasteiger partial charge < -0.3 is 9.47 Å². The zero-order valence-electron chi connectivity index (χ0n) is 16.8. The minimum atomic E-state index is 0.145. The van der Waals surface area contributed by atoms with Crippen molar-refractivity contribution < 1.29 is 4.79 Å². The normalized spacial score (nSPS) is 15.2. The van der Waals surface area contributed by atoms with Crippen LogP contribution in [0.4, 0.5) is 0 Å². The molecular formula is C23H25Cl2N3O. The van der Waals surface area contributed by atoms with E-state index in [0.717, 1.165) is 55.8 Å². The van der Waals surface area contributed by atoms with Crippen molar-refractivity contribution in [1.82, 2.24) is 14.5 Å². The van der Waals surface area contributed by atoms with Gasteiger partial charge in [-0.15, -0.1) is 0 Å². The van der Waals surface area contributed by atoms with Crippen LogP contribution in [0.25, 0.3) is 11.0 Å². The zero-order chi connectivity index (χ0) is 20.5. The first-order valence-electron chi connectivity index (χ1n) is 10.1. The summed E-state index contributed by atoms with van der Waals surface area (Å²) in [6, 6.07) is 12.5. The van der Waals surface area contributed by atoms with Crippen LogP contribution in [0.2, 0.25) is 10.0 Å². The second-order valence-electron chi connectivity index (χ2n) is 7.76. The molecule has 152 valence electrons. The Kier molecular flexibility index (Phi) is 5.84. The van der Waals surface area contributed by atoms with Gasteiger partial charge in [-0.2, -0.15) is 0 Å². The van der Waals surface area contributed by atoms with E-state index in [1.165, 1.54) is 11.1 Å². The molecule has 0 aliphatic carbocycles. The number of aromatic nitrogens is 2. The molecule has 1 fully saturated rings. The first-order valence-corrected chi connectivity index (χ1v) is 10.9. The van der Waals surface area contributed by atoms with E-state index in [4.69, 9.17) is 28.2 Å². The molecule has 0 radical (unpaired) electrons. The summed E-state index contributed by atoms with van der Waals surface area (Å²) >= 11 is 12.6. The van der Waals surface area contributed by atoms with Crippen molar-refractivity contribution in [1.29, 1.82) is 0 Å². The maximum Gasteiger partial charge on any atom is 0.219 e. The van der Waals surface area contributed by atoms with E-state index in [1.807, 2.05) is 17.0 Å². The van der Waals surface area contributed by atoms with Crippen LogP contribution in [0.5, 0.6) is 0 Å². The highest BCUT2D eigenvalue weighted by molar-refractivity contribution is 6.42. The molecule has 2 heterocycles. The van der Waals surface area contributed by atoms with Gasteiger partial charge in [-0.3, -0.25) is 4.79 Å². The summed E-state index contributed by atoms with van der Waals surface area (Å²) in [5, 5.41) is 1.06. The molecule has 0 saturated carbocycles. The molecule has 0 bridgehead atoms. The number of fused-ring (bicyclic) bond motifs is 1. The highest BCUT2D eigenvalue weighted by Gasteiger charge is 2.27. The van der Waals surface area contributed by atoms with Crippen molar-refractivity contribution in [3.8, 4) is 0 Å². The number of hydrogen-bond donors (Lipinski definition) is 0. The van der Waals surface area contributed by atoms with Crippen LogP contribution < -0.4 is 0 Å². The van der Waals surface area contributed by atoms with Crippen LogP contribution in [-0.4, -0.2) is 33.4 Å². The predicted molar refractivity (Wildman–Crippen MR) is 119 cm³/mol. The van der Waals surface area contributed by atoms with Gasteiger partial charge in [-0.1, -0.05) is 54.4 Å². The smallest absolute Gasteiger partial charge is 0.219 e. The summed E-state index contributed by atoms with van der Waals surface area (Å²) in [6.07, 6.45) is 2.86. The number of likely N-dealkylation sites (tertiary alicyclic amines) is 1. The number of piperidine rings is 1. The maximum atomic E-state index is 11.7. The number of carbonyl (C=O) groups is 1. The molecule has 29 heavy (non-hydrogen) atoms. The van der Waals surface area contributed by atoms with Gasteiger partial charge in [0.15, 0.2) is 0 Å². The molecule has 0 spiro atoms. The molecule has 0 N–H and O–H groups in total. The molecule has 1 aliphatic heterocycles. The summed E-state index contributed by atoms with van der Waals surface area (Å²) in [6.45, 7) is 6.09. The lowest BCUT2D eigenvalue weighted by Crippen LogP contribution is -2.36. The van der Waals surface area contributed by atoms with Crippen molar-refractivity contribution in [2.75, 3.05) is 13.1 Å². The Morgan fingerprint density at radius 2 is 1.69 bits per heavy atom. The van der Waals surface area contributed by atoms with Crippen LogP contribution in [0.15, 0.2) is 36.4 Å². The van der Waals surface area contributed by atoms with Crippen LogP contribution in [0, 0.1) is 0 Å². The molecule has 4 rings (SSSR count). The van der Waals surface area contributed by atoms with Crippen LogP contribution in [-0.2, 0) is 17.8 Å². The summed E-state index contributed by atoms with van der Waals surface area (Å²) in [5.41, 5.74) is 4.43. The van der Waals surface area contributed by atoms with Crippen molar-refractivity contribution in [3.05, 3.63) is 63.4 Å². The van der Waals surface area contributed by atoms with E-state index < -0.39 is 0 Å². The Balaban J connectivity index is 1.72. The Hall–Kier alpha value is -2.04. The lowest BCUT2D eigenvalue weighted by molar-refractivity contribution is -0.129. The Morgan fingerprint density at radius 1 is 1.07 bits per heavy atom. The summed E-state index contributed by atoms with van der Waals surface area (Å²) in [4.78, 5) is 18.6. The lowest BCUT2D eigenvalue weighted by atomic mass is 9.95. The Labute approximate surface area is 181 Å². The van der Waals surface area contributed by atoms with E-state index in [2.05, 4.69) is 35.8 Å². The van der Waals surface area contributed by atoms with Crippen LogP contribution in [0.1, 0.15) is 49.6 Å². The van der Waals surface area contributed by atoms with Crippen molar-refractivity contribution in [2.24, 2.45) is 0 Å². The molecule has 0 unspecified atom stereocenters. The quantitative estimate of drug-likeness (QED) is 0.534. The fourth-order valence-corrected chi connectivity index (χ4v) is 4.45. The lowest BCUT2D eigenvalue weighted by Gasteiger charge is -2.31. The number of benzene rings is 2. The molecule has 1 amide bonds. The maximum absolute atomic E-state index is 11.7. The standard InChI is InChI=1S/C23H25Cl2N3O/c1-3-16-4-6-17(7-5-16)14-28-22-13-20(25)19(24)12-21(22)26-23(28)18-8-10-27(11-9-18)15(2)29/h4-7,12-13,18H,3,8-11,14H2,1-2H3. The third-order valence-electron chi connectivity index (χ3n) is 5.90. The fourth-order valence-electron chi connectivity index (χ4n) is 4.13. The van der Waals surface area contributed by atoms with E-state index in [0.29, 0.717) is 16.0 Å². The molecule has 1 aliphatic rings. The number of hydrogen-bond acceptors (Lipinski definition) is 2. The number of imidazole rings is 1. The largest absolute Gasteiger partial charge is 0.343 e. The van der Waals surface area contributed by atoms with Gasteiger partial charge in [0.25, 0.3) is 0 Å². The first-order chi connectivity index (χ1) is 14.0. The highest BCUT2D eigenvalue weighted by Crippen LogP contribution is 2.34. The topological polar surface area (TPSA) is 38.1 Å². The van der Waals surface area contributed by atoms with Crippen molar-refractivity contribution >= 4 is 40.1 Å². The number of carbonyl (C=O) groups excluding carboxylic acids is 1. The predicted octanol–water partition coefficient (Wildman–Crippen LogP) is 5.68. The van der Waals surface area contributed by atoms with Gasteiger partial charge in [-0.25, -0.2) is 4.98 Å². The average molecular weight is 430 g/mol. The molecule has 4 nitrogen and oxygen atoms in total. The molecule has 2 aromatic carbocycles. The number of amides is 1. The number of nitrogens with zero attached hydrogens (tertiary/aromatic N) is 3. The Bertz CT molecular complexity index is 1030. The summed E-state index contributed by atoms with van der Waals surface area (Å²) in [5.74, 6) is 1.51. The monoisotopic (exact) mass is 429 g/mol. The van der Waals surface area contributed by atoms with Gasteiger partial charge in [0, 0.05) is 32.5 Å². The number of halogens is 2. The van der Waals surface area contributed by atoms with E-state index in [9.17, 15) is 4.79 Å². The van der Waals surface area contributed by atoms with Crippen LogP contribution >= 0.6 is 23.2 Å². The van der Waals surface area contributed by atoms with Gasteiger partial charge in [0.05, 0.1) is 21.1 Å². The molecule has 6 heteroatoms. The van der Waals surface area contributed by atoms with Gasteiger partial charge in [-0.05, 0) is 42.5 Å². The third-order valence-corrected chi connectivity index (χ3v) is 6.62. The summed E-state index contributed by atoms with van der Waals surface area (Å²) < 4.78 is 2.27. The molecule has 1 saturated heterocycles. The van der Waals surface area contributed by atoms with E-state index in [1.54, 1.807) is 6.92 Å².